The fourth-order valence-electron chi connectivity index (χ4n) is 1.98. The molecule has 0 bridgehead atoms. The monoisotopic (exact) mass is 279 g/mol. The molecule has 19 heavy (non-hydrogen) atoms. The van der Waals surface area contributed by atoms with Gasteiger partial charge in [0.05, 0.1) is 16.5 Å². The maximum Gasteiger partial charge on any atom is 0.263 e. The predicted molar refractivity (Wildman–Crippen MR) is 77.3 cm³/mol. The van der Waals surface area contributed by atoms with E-state index < -0.39 is 6.10 Å². The highest BCUT2D eigenvalue weighted by molar-refractivity contribution is 7.21. The summed E-state index contributed by atoms with van der Waals surface area (Å²) in [5, 5.41) is 12.1. The second kappa shape index (κ2) is 5.54. The fraction of sp³-hybridized carbons (Fsp3) is 0.385. The maximum atomic E-state index is 12.1. The van der Waals surface area contributed by atoms with Crippen LogP contribution in [0.4, 0.5) is 5.69 Å². The summed E-state index contributed by atoms with van der Waals surface area (Å²) in [6, 6.07) is 3.60. The number of fused-ring (bicyclic) bond motifs is 1. The van der Waals surface area contributed by atoms with Gasteiger partial charge in [-0.25, -0.2) is 0 Å². The molecule has 4 N–H and O–H groups in total. The van der Waals surface area contributed by atoms with Gasteiger partial charge in [0.25, 0.3) is 5.91 Å². The zero-order valence-electron chi connectivity index (χ0n) is 10.9. The molecule has 2 rings (SSSR count). The van der Waals surface area contributed by atoms with Crippen molar-refractivity contribution >= 4 is 33.1 Å². The van der Waals surface area contributed by atoms with Crippen LogP contribution in [0, 0.1) is 0 Å². The molecule has 0 aliphatic carbocycles. The van der Waals surface area contributed by atoms with E-state index in [0.717, 1.165) is 4.70 Å². The summed E-state index contributed by atoms with van der Waals surface area (Å²) in [5.41, 5.74) is 7.04. The zero-order chi connectivity index (χ0) is 14.0. The van der Waals surface area contributed by atoms with E-state index in [1.165, 1.54) is 11.3 Å². The van der Waals surface area contributed by atoms with Crippen molar-refractivity contribution in [1.82, 2.24) is 10.3 Å². The number of thiophene rings is 1. The predicted octanol–water partition coefficient (Wildman–Crippen LogP) is 1.77. The number of anilines is 1. The number of aromatic nitrogens is 1. The minimum Gasteiger partial charge on any atom is -0.396 e. The Labute approximate surface area is 115 Å². The first-order chi connectivity index (χ1) is 8.99. The van der Waals surface area contributed by atoms with Crippen molar-refractivity contribution in [3.63, 3.8) is 0 Å². The van der Waals surface area contributed by atoms with Gasteiger partial charge in [0.2, 0.25) is 0 Å². The summed E-state index contributed by atoms with van der Waals surface area (Å²) in [7, 11) is 0. The van der Waals surface area contributed by atoms with Crippen LogP contribution in [-0.4, -0.2) is 28.1 Å². The number of hydrogen-bond acceptors (Lipinski definition) is 5. The second-order valence-corrected chi connectivity index (χ2v) is 5.71. The molecule has 0 aliphatic rings. The lowest BCUT2D eigenvalue weighted by atomic mass is 10.1. The molecule has 2 unspecified atom stereocenters. The van der Waals surface area contributed by atoms with Crippen molar-refractivity contribution in [2.45, 2.75) is 32.4 Å². The second-order valence-electron chi connectivity index (χ2n) is 4.65. The van der Waals surface area contributed by atoms with Crippen molar-refractivity contribution in [3.8, 4) is 0 Å². The molecule has 0 aromatic carbocycles. The van der Waals surface area contributed by atoms with Crippen molar-refractivity contribution in [2.24, 2.45) is 0 Å². The number of pyridine rings is 1. The summed E-state index contributed by atoms with van der Waals surface area (Å²) in [4.78, 5) is 16.8. The highest BCUT2D eigenvalue weighted by Crippen LogP contribution is 2.31. The first-order valence-electron chi connectivity index (χ1n) is 6.11. The van der Waals surface area contributed by atoms with Crippen LogP contribution in [-0.2, 0) is 0 Å². The lowest BCUT2D eigenvalue weighted by molar-refractivity contribution is 0.0928. The van der Waals surface area contributed by atoms with Crippen LogP contribution in [0.5, 0.6) is 0 Å². The van der Waals surface area contributed by atoms with Gasteiger partial charge in [-0.1, -0.05) is 0 Å². The van der Waals surface area contributed by atoms with Gasteiger partial charge in [-0.05, 0) is 32.4 Å². The summed E-state index contributed by atoms with van der Waals surface area (Å²) in [6.45, 7) is 3.55. The molecule has 0 aliphatic heterocycles. The van der Waals surface area contributed by atoms with Crippen molar-refractivity contribution < 1.29 is 9.90 Å². The number of nitrogens with two attached hydrogens (primary N) is 1. The van der Waals surface area contributed by atoms with Gasteiger partial charge in [-0.2, -0.15) is 0 Å². The van der Waals surface area contributed by atoms with E-state index in [9.17, 15) is 9.90 Å². The molecule has 1 amide bonds. The van der Waals surface area contributed by atoms with Crippen molar-refractivity contribution in [3.05, 3.63) is 23.2 Å². The Hall–Kier alpha value is -1.66. The van der Waals surface area contributed by atoms with E-state index in [-0.39, 0.29) is 11.9 Å². The number of rotatable bonds is 4. The van der Waals surface area contributed by atoms with E-state index in [1.807, 2.05) is 19.1 Å². The molecule has 6 heteroatoms. The number of aliphatic hydroxyl groups is 1. The Morgan fingerprint density at radius 3 is 2.95 bits per heavy atom. The largest absolute Gasteiger partial charge is 0.396 e. The highest BCUT2D eigenvalue weighted by atomic mass is 32.1. The van der Waals surface area contributed by atoms with E-state index in [0.29, 0.717) is 22.5 Å². The van der Waals surface area contributed by atoms with Crippen LogP contribution in [0.15, 0.2) is 18.3 Å². The standard InChI is InChI=1S/C13H17N3O2S/c1-7(6-8(2)17)16-13(18)12-10(14)11-9(19-12)4-3-5-15-11/h3-5,7-8,17H,6,14H2,1-2H3,(H,16,18). The van der Waals surface area contributed by atoms with Gasteiger partial charge in [0.15, 0.2) is 0 Å². The molecular weight excluding hydrogens is 262 g/mol. The zero-order valence-corrected chi connectivity index (χ0v) is 11.7. The van der Waals surface area contributed by atoms with Crippen LogP contribution < -0.4 is 11.1 Å². The normalized spacial score (nSPS) is 14.3. The van der Waals surface area contributed by atoms with Crippen LogP contribution in [0.3, 0.4) is 0 Å². The molecule has 2 aromatic rings. The molecular formula is C13H17N3O2S. The van der Waals surface area contributed by atoms with Gasteiger partial charge < -0.3 is 16.2 Å². The third kappa shape index (κ3) is 3.02. The summed E-state index contributed by atoms with van der Waals surface area (Å²) in [5.74, 6) is -0.214. The van der Waals surface area contributed by atoms with Gasteiger partial charge in [-0.3, -0.25) is 9.78 Å². The van der Waals surface area contributed by atoms with Crippen LogP contribution in [0.2, 0.25) is 0 Å². The number of amides is 1. The summed E-state index contributed by atoms with van der Waals surface area (Å²) < 4.78 is 0.897. The lowest BCUT2D eigenvalue weighted by Crippen LogP contribution is -2.34. The first-order valence-corrected chi connectivity index (χ1v) is 6.92. The lowest BCUT2D eigenvalue weighted by Gasteiger charge is -2.14. The minimum atomic E-state index is -0.447. The molecule has 5 nitrogen and oxygen atoms in total. The Bertz CT molecular complexity index is 595. The maximum absolute atomic E-state index is 12.1. The molecule has 102 valence electrons. The Morgan fingerprint density at radius 1 is 1.58 bits per heavy atom. The molecule has 0 spiro atoms. The molecule has 2 heterocycles. The van der Waals surface area contributed by atoms with E-state index in [1.54, 1.807) is 13.1 Å². The van der Waals surface area contributed by atoms with Gasteiger partial charge in [0.1, 0.15) is 10.4 Å². The third-order valence-electron chi connectivity index (χ3n) is 2.76. The molecule has 0 radical (unpaired) electrons. The molecule has 2 atom stereocenters. The third-order valence-corrected chi connectivity index (χ3v) is 3.92. The summed E-state index contributed by atoms with van der Waals surface area (Å²) >= 11 is 1.33. The Kier molecular flexibility index (Phi) is 4.01. The van der Waals surface area contributed by atoms with Gasteiger partial charge in [0, 0.05) is 12.2 Å². The van der Waals surface area contributed by atoms with Gasteiger partial charge in [-0.15, -0.1) is 11.3 Å². The average Bonchev–Trinajstić information content (AvgIpc) is 2.66. The van der Waals surface area contributed by atoms with Crippen LogP contribution in [0.1, 0.15) is 29.9 Å². The number of carbonyl (C=O) groups is 1. The van der Waals surface area contributed by atoms with Crippen molar-refractivity contribution in [1.29, 1.82) is 0 Å². The fourth-order valence-corrected chi connectivity index (χ4v) is 2.96. The number of carbonyl (C=O) groups excluding carboxylic acids is 1. The topological polar surface area (TPSA) is 88.2 Å². The van der Waals surface area contributed by atoms with Gasteiger partial charge >= 0.3 is 0 Å². The van der Waals surface area contributed by atoms with E-state index >= 15 is 0 Å². The minimum absolute atomic E-state index is 0.106. The number of aliphatic hydroxyl groups excluding tert-OH is 1. The molecule has 0 saturated heterocycles. The van der Waals surface area contributed by atoms with E-state index in [4.69, 9.17) is 5.73 Å². The van der Waals surface area contributed by atoms with Crippen LogP contribution >= 0.6 is 11.3 Å². The first kappa shape index (κ1) is 13.8. The molecule has 2 aromatic heterocycles. The summed E-state index contributed by atoms with van der Waals surface area (Å²) in [6.07, 6.45) is 1.72. The number of hydrogen-bond donors (Lipinski definition) is 3. The van der Waals surface area contributed by atoms with Crippen LogP contribution in [0.25, 0.3) is 10.2 Å². The smallest absolute Gasteiger partial charge is 0.263 e. The number of nitrogen functional groups attached to an aromatic ring is 1. The van der Waals surface area contributed by atoms with Crippen molar-refractivity contribution in [2.75, 3.05) is 5.73 Å². The highest BCUT2D eigenvalue weighted by Gasteiger charge is 2.18. The van der Waals surface area contributed by atoms with E-state index in [2.05, 4.69) is 10.3 Å². The quantitative estimate of drug-likeness (QED) is 0.796. The Balaban J connectivity index is 2.20. The molecule has 0 saturated carbocycles. The molecule has 0 fully saturated rings. The SMILES string of the molecule is CC(O)CC(C)NC(=O)c1sc2cccnc2c1N. The average molecular weight is 279 g/mol. The number of nitrogens with zero attached hydrogens (tertiary/aromatic N) is 1. The Morgan fingerprint density at radius 2 is 2.32 bits per heavy atom. The number of nitrogens with one attached hydrogen (secondary N) is 1.